The molecule has 1 aliphatic rings. The van der Waals surface area contributed by atoms with Crippen LogP contribution in [0.5, 0.6) is 5.75 Å². The van der Waals surface area contributed by atoms with Crippen LogP contribution in [0, 0.1) is 0 Å². The number of ketones is 2. The fourth-order valence-electron chi connectivity index (χ4n) is 3.82. The Morgan fingerprint density at radius 3 is 2.21 bits per heavy atom. The molecule has 7 nitrogen and oxygen atoms in total. The van der Waals surface area contributed by atoms with E-state index in [2.05, 4.69) is 58.4 Å². The third-order valence-electron chi connectivity index (χ3n) is 5.41. The van der Waals surface area contributed by atoms with Gasteiger partial charge in [0.1, 0.15) is 11.9 Å². The number of benzene rings is 3. The number of aromatic hydroxyl groups is 1. The molecule has 3 aromatic carbocycles. The van der Waals surface area contributed by atoms with Crippen LogP contribution in [-0.4, -0.2) is 29.8 Å². The third-order valence-corrected chi connectivity index (χ3v) is 7.52. The Kier molecular flexibility index (Phi) is 6.84. The zero-order valence-electron chi connectivity index (χ0n) is 17.8. The van der Waals surface area contributed by atoms with Gasteiger partial charge in [0.05, 0.1) is 27.0 Å². The largest absolute Gasteiger partial charge is 0.507 e. The lowest BCUT2D eigenvalue weighted by Crippen LogP contribution is -2.22. The van der Waals surface area contributed by atoms with Gasteiger partial charge in [0.25, 0.3) is 0 Å². The Morgan fingerprint density at radius 1 is 0.971 bits per heavy atom. The molecule has 1 atom stereocenters. The molecule has 3 aromatic rings. The van der Waals surface area contributed by atoms with Crippen LogP contribution < -0.4 is 10.6 Å². The first-order valence-corrected chi connectivity index (χ1v) is 12.4. The quantitative estimate of drug-likeness (QED) is 0.214. The molecule has 0 spiro atoms. The second kappa shape index (κ2) is 9.52. The smallest absolute Gasteiger partial charge is 0.407 e. The van der Waals surface area contributed by atoms with Gasteiger partial charge in [-0.1, -0.05) is 40.2 Å². The Balaban J connectivity index is 1.84. The fraction of sp³-hybridized carbons (Fsp3) is 0.125. The maximum atomic E-state index is 13.4. The van der Waals surface area contributed by atoms with Crippen molar-refractivity contribution in [2.45, 2.75) is 13.0 Å². The number of carbonyl (C=O) groups excluding carboxylic acids is 3. The Morgan fingerprint density at radius 2 is 1.59 bits per heavy atom. The van der Waals surface area contributed by atoms with Gasteiger partial charge in [0.15, 0.2) is 11.6 Å². The van der Waals surface area contributed by atoms with E-state index in [1.165, 1.54) is 13.1 Å². The summed E-state index contributed by atoms with van der Waals surface area (Å²) in [5, 5.41) is 16.1. The van der Waals surface area contributed by atoms with Gasteiger partial charge in [0.2, 0.25) is 0 Å². The highest BCUT2D eigenvalue weighted by Crippen LogP contribution is 2.45. The molecule has 0 radical (unpaired) electrons. The number of phenols is 1. The Hall–Kier alpha value is -2.69. The van der Waals surface area contributed by atoms with Gasteiger partial charge >= 0.3 is 6.09 Å². The van der Waals surface area contributed by atoms with Crippen LogP contribution in [-0.2, 0) is 4.74 Å². The zero-order valence-corrected chi connectivity index (χ0v) is 22.6. The highest BCUT2D eigenvalue weighted by atomic mass is 79.9. The van der Waals surface area contributed by atoms with Crippen LogP contribution in [0.3, 0.4) is 0 Å². The van der Waals surface area contributed by atoms with E-state index in [1.807, 2.05) is 0 Å². The predicted octanol–water partition coefficient (Wildman–Crippen LogP) is 6.62. The topological polar surface area (TPSA) is 105 Å². The van der Waals surface area contributed by atoms with E-state index in [4.69, 9.17) is 4.74 Å². The molecule has 4 rings (SSSR count). The molecule has 174 valence electrons. The van der Waals surface area contributed by atoms with Crippen molar-refractivity contribution in [3.05, 3.63) is 83.7 Å². The molecule has 0 fully saturated rings. The van der Waals surface area contributed by atoms with Crippen molar-refractivity contribution in [1.82, 2.24) is 5.32 Å². The molecule has 0 aliphatic heterocycles. The summed E-state index contributed by atoms with van der Waals surface area (Å²) >= 11 is 10.6. The highest BCUT2D eigenvalue weighted by molar-refractivity contribution is 9.11. The summed E-state index contributed by atoms with van der Waals surface area (Å²) in [5.41, 5.74) is 2.09. The maximum absolute atomic E-state index is 13.4. The first-order valence-electron chi connectivity index (χ1n) is 10.0. The van der Waals surface area contributed by atoms with Crippen molar-refractivity contribution in [2.24, 2.45) is 0 Å². The van der Waals surface area contributed by atoms with Crippen LogP contribution in [0.1, 0.15) is 50.4 Å². The SMILES string of the molecule is CNC(=O)OC(C)c1c(Br)cc(Br)c(Nc2ccc(O)c3c2C(=O)c2ccccc2C3=O)c1Br. The van der Waals surface area contributed by atoms with E-state index >= 15 is 0 Å². The molecule has 3 N–H and O–H groups in total. The van der Waals surface area contributed by atoms with E-state index in [0.717, 1.165) is 0 Å². The van der Waals surface area contributed by atoms with E-state index < -0.39 is 18.0 Å². The van der Waals surface area contributed by atoms with Crippen molar-refractivity contribution in [3.8, 4) is 5.75 Å². The number of amides is 1. The van der Waals surface area contributed by atoms with Gasteiger partial charge in [-0.3, -0.25) is 9.59 Å². The average molecular weight is 653 g/mol. The van der Waals surface area contributed by atoms with E-state index in [-0.39, 0.29) is 33.8 Å². The molecule has 0 heterocycles. The van der Waals surface area contributed by atoms with Gasteiger partial charge in [-0.2, -0.15) is 0 Å². The first-order chi connectivity index (χ1) is 16.1. The standard InChI is InChI=1S/C24H17Br3N2O5/c1-10(34-24(33)28-2)17-13(25)9-14(26)21(20(17)27)29-15-7-8-16(30)19-18(15)22(31)11-5-3-4-6-12(11)23(19)32/h3-10,29-30H,1-2H3,(H,28,33). The highest BCUT2D eigenvalue weighted by Gasteiger charge is 2.34. The number of ether oxygens (including phenoxy) is 1. The van der Waals surface area contributed by atoms with Gasteiger partial charge in [-0.05, 0) is 57.0 Å². The van der Waals surface area contributed by atoms with Crippen molar-refractivity contribution < 1.29 is 24.2 Å². The summed E-state index contributed by atoms with van der Waals surface area (Å²) in [5.74, 6) is -1.06. The average Bonchev–Trinajstić information content (AvgIpc) is 2.80. The van der Waals surface area contributed by atoms with Crippen LogP contribution in [0.2, 0.25) is 0 Å². The lowest BCUT2D eigenvalue weighted by molar-refractivity contribution is 0.0977. The Bertz CT molecular complexity index is 1370. The monoisotopic (exact) mass is 650 g/mol. The van der Waals surface area contributed by atoms with Crippen molar-refractivity contribution >= 4 is 76.8 Å². The van der Waals surface area contributed by atoms with Crippen LogP contribution in [0.15, 0.2) is 55.9 Å². The van der Waals surface area contributed by atoms with Crippen molar-refractivity contribution in [1.29, 1.82) is 0 Å². The molecular weight excluding hydrogens is 636 g/mol. The number of carbonyl (C=O) groups is 3. The normalized spacial score (nSPS) is 13.1. The number of halogens is 3. The summed E-state index contributed by atoms with van der Waals surface area (Å²) in [6.45, 7) is 1.72. The lowest BCUT2D eigenvalue weighted by Gasteiger charge is -2.24. The number of nitrogens with one attached hydrogen (secondary N) is 2. The third kappa shape index (κ3) is 4.14. The van der Waals surface area contributed by atoms with E-state index in [9.17, 15) is 19.5 Å². The fourth-order valence-corrected chi connectivity index (χ4v) is 6.78. The van der Waals surface area contributed by atoms with Gasteiger partial charge in [-0.15, -0.1) is 0 Å². The predicted molar refractivity (Wildman–Crippen MR) is 138 cm³/mol. The molecule has 0 saturated heterocycles. The first kappa shape index (κ1) is 24.4. The molecule has 0 bridgehead atoms. The molecule has 0 saturated carbocycles. The molecule has 1 amide bonds. The van der Waals surface area contributed by atoms with E-state index in [0.29, 0.717) is 30.4 Å². The van der Waals surface area contributed by atoms with Gasteiger partial charge < -0.3 is 20.5 Å². The van der Waals surface area contributed by atoms with Crippen molar-refractivity contribution in [2.75, 3.05) is 12.4 Å². The second-order valence-electron chi connectivity index (χ2n) is 7.45. The number of hydrogen-bond acceptors (Lipinski definition) is 6. The minimum atomic E-state index is -0.624. The maximum Gasteiger partial charge on any atom is 0.407 e. The minimum absolute atomic E-state index is 0.0467. The summed E-state index contributed by atoms with van der Waals surface area (Å²) in [4.78, 5) is 38.2. The molecule has 34 heavy (non-hydrogen) atoms. The zero-order chi connectivity index (χ0) is 24.7. The number of anilines is 2. The second-order valence-corrected chi connectivity index (χ2v) is 9.95. The molecular formula is C24H17Br3N2O5. The molecule has 10 heteroatoms. The van der Waals surface area contributed by atoms with Crippen LogP contribution in [0.4, 0.5) is 16.2 Å². The summed E-state index contributed by atoms with van der Waals surface area (Å²) < 4.78 is 7.27. The number of alkyl carbamates (subject to hydrolysis) is 1. The van der Waals surface area contributed by atoms with Crippen molar-refractivity contribution in [3.63, 3.8) is 0 Å². The van der Waals surface area contributed by atoms with Gasteiger partial charge in [0, 0.05) is 32.7 Å². The lowest BCUT2D eigenvalue weighted by atomic mass is 9.82. The van der Waals surface area contributed by atoms with E-state index in [1.54, 1.807) is 43.3 Å². The number of phenolic OH excluding ortho intramolecular Hbond substituents is 1. The molecule has 1 unspecified atom stereocenters. The number of rotatable bonds is 4. The van der Waals surface area contributed by atoms with Gasteiger partial charge in [-0.25, -0.2) is 4.79 Å². The van der Waals surface area contributed by atoms with Crippen LogP contribution in [0.25, 0.3) is 0 Å². The minimum Gasteiger partial charge on any atom is -0.507 e. The summed E-state index contributed by atoms with van der Waals surface area (Å²) in [7, 11) is 1.47. The summed E-state index contributed by atoms with van der Waals surface area (Å²) in [6, 6.07) is 11.2. The molecule has 0 aromatic heterocycles. The number of fused-ring (bicyclic) bond motifs is 2. The summed E-state index contributed by atoms with van der Waals surface area (Å²) in [6.07, 6.45) is -1.21. The van der Waals surface area contributed by atoms with Crippen LogP contribution >= 0.6 is 47.8 Å². The Labute approximate surface area is 220 Å². The molecule has 1 aliphatic carbocycles. The number of hydrogen-bond donors (Lipinski definition) is 3.